The molecule has 0 spiro atoms. The first-order chi connectivity index (χ1) is 8.24. The van der Waals surface area contributed by atoms with Gasteiger partial charge in [0.1, 0.15) is 6.04 Å². The van der Waals surface area contributed by atoms with Crippen molar-refractivity contribution >= 4 is 11.6 Å². The van der Waals surface area contributed by atoms with Gasteiger partial charge in [0.05, 0.1) is 16.9 Å². The fourth-order valence-corrected chi connectivity index (χ4v) is 1.92. The van der Waals surface area contributed by atoms with Crippen LogP contribution in [0.3, 0.4) is 0 Å². The van der Waals surface area contributed by atoms with Gasteiger partial charge in [-0.25, -0.2) is 9.97 Å². The van der Waals surface area contributed by atoms with Gasteiger partial charge in [0.25, 0.3) is 0 Å². The zero-order chi connectivity index (χ0) is 12.3. The SMILES string of the molecule is CCCn1ncc(Cl)c1C(N)c1ncccn1. The molecule has 0 aliphatic rings. The number of nitrogens with zero attached hydrogens (tertiary/aromatic N) is 4. The van der Waals surface area contributed by atoms with E-state index in [2.05, 4.69) is 22.0 Å². The molecule has 17 heavy (non-hydrogen) atoms. The van der Waals surface area contributed by atoms with Crippen molar-refractivity contribution in [1.82, 2.24) is 19.7 Å². The molecule has 90 valence electrons. The highest BCUT2D eigenvalue weighted by Gasteiger charge is 2.20. The van der Waals surface area contributed by atoms with E-state index < -0.39 is 6.04 Å². The van der Waals surface area contributed by atoms with E-state index in [0.717, 1.165) is 18.7 Å². The zero-order valence-electron chi connectivity index (χ0n) is 9.55. The van der Waals surface area contributed by atoms with Gasteiger partial charge < -0.3 is 5.73 Å². The maximum absolute atomic E-state index is 6.12. The Morgan fingerprint density at radius 1 is 1.41 bits per heavy atom. The highest BCUT2D eigenvalue weighted by Crippen LogP contribution is 2.24. The van der Waals surface area contributed by atoms with Crippen molar-refractivity contribution in [3.63, 3.8) is 0 Å². The quantitative estimate of drug-likeness (QED) is 0.899. The maximum Gasteiger partial charge on any atom is 0.151 e. The summed E-state index contributed by atoms with van der Waals surface area (Å²) in [7, 11) is 0. The van der Waals surface area contributed by atoms with Crippen LogP contribution in [0.5, 0.6) is 0 Å². The lowest BCUT2D eigenvalue weighted by atomic mass is 10.2. The average Bonchev–Trinajstić information content (AvgIpc) is 2.71. The monoisotopic (exact) mass is 251 g/mol. The molecule has 0 saturated heterocycles. The predicted octanol–water partition coefficient (Wildman–Crippen LogP) is 1.78. The molecule has 1 unspecified atom stereocenters. The molecule has 2 rings (SSSR count). The van der Waals surface area contributed by atoms with Crippen LogP contribution >= 0.6 is 11.6 Å². The van der Waals surface area contributed by atoms with E-state index in [1.165, 1.54) is 0 Å². The molecule has 0 radical (unpaired) electrons. The fourth-order valence-electron chi connectivity index (χ4n) is 1.66. The van der Waals surface area contributed by atoms with Gasteiger partial charge in [0, 0.05) is 18.9 Å². The van der Waals surface area contributed by atoms with Crippen molar-refractivity contribution in [3.8, 4) is 0 Å². The molecule has 0 aromatic carbocycles. The van der Waals surface area contributed by atoms with Gasteiger partial charge in [-0.05, 0) is 12.5 Å². The second-order valence-electron chi connectivity index (χ2n) is 3.69. The van der Waals surface area contributed by atoms with Gasteiger partial charge in [-0.1, -0.05) is 18.5 Å². The van der Waals surface area contributed by atoms with E-state index in [1.54, 1.807) is 24.7 Å². The van der Waals surface area contributed by atoms with Crippen LogP contribution in [0.25, 0.3) is 0 Å². The molecule has 1 atom stereocenters. The Balaban J connectivity index is 2.36. The van der Waals surface area contributed by atoms with Gasteiger partial charge in [-0.2, -0.15) is 5.10 Å². The first-order valence-corrected chi connectivity index (χ1v) is 5.85. The van der Waals surface area contributed by atoms with Gasteiger partial charge in [-0.15, -0.1) is 0 Å². The van der Waals surface area contributed by atoms with Crippen molar-refractivity contribution < 1.29 is 0 Å². The maximum atomic E-state index is 6.12. The van der Waals surface area contributed by atoms with Gasteiger partial charge in [0.15, 0.2) is 5.82 Å². The first kappa shape index (κ1) is 12.0. The summed E-state index contributed by atoms with van der Waals surface area (Å²) in [4.78, 5) is 8.28. The number of aryl methyl sites for hydroxylation is 1. The van der Waals surface area contributed by atoms with Crippen molar-refractivity contribution in [1.29, 1.82) is 0 Å². The van der Waals surface area contributed by atoms with E-state index in [9.17, 15) is 0 Å². The second kappa shape index (κ2) is 5.25. The van der Waals surface area contributed by atoms with E-state index in [-0.39, 0.29) is 0 Å². The van der Waals surface area contributed by atoms with E-state index >= 15 is 0 Å². The molecular formula is C11H14ClN5. The minimum Gasteiger partial charge on any atom is -0.316 e. The normalized spacial score (nSPS) is 12.6. The summed E-state index contributed by atoms with van der Waals surface area (Å²) in [6.07, 6.45) is 5.90. The molecule has 0 bridgehead atoms. The Labute approximate surface area is 105 Å². The van der Waals surface area contributed by atoms with E-state index in [0.29, 0.717) is 10.8 Å². The van der Waals surface area contributed by atoms with Crippen molar-refractivity contribution in [2.45, 2.75) is 25.9 Å². The lowest BCUT2D eigenvalue weighted by Gasteiger charge is -2.13. The van der Waals surface area contributed by atoms with Gasteiger partial charge >= 0.3 is 0 Å². The summed E-state index contributed by atoms with van der Waals surface area (Å²) >= 11 is 6.11. The van der Waals surface area contributed by atoms with Crippen LogP contribution in [0.2, 0.25) is 5.02 Å². The molecule has 2 aromatic heterocycles. The highest BCUT2D eigenvalue weighted by atomic mass is 35.5. The highest BCUT2D eigenvalue weighted by molar-refractivity contribution is 6.31. The molecule has 5 nitrogen and oxygen atoms in total. The second-order valence-corrected chi connectivity index (χ2v) is 4.09. The smallest absolute Gasteiger partial charge is 0.151 e. The Bertz CT molecular complexity index is 482. The molecule has 6 heteroatoms. The summed E-state index contributed by atoms with van der Waals surface area (Å²) < 4.78 is 1.81. The van der Waals surface area contributed by atoms with Crippen LogP contribution in [-0.4, -0.2) is 19.7 Å². The number of rotatable bonds is 4. The van der Waals surface area contributed by atoms with Crippen molar-refractivity contribution in [2.75, 3.05) is 0 Å². The third-order valence-electron chi connectivity index (χ3n) is 2.43. The average molecular weight is 252 g/mol. The molecular weight excluding hydrogens is 238 g/mol. The summed E-state index contributed by atoms with van der Waals surface area (Å²) in [6, 6.07) is 1.30. The van der Waals surface area contributed by atoms with E-state index in [4.69, 9.17) is 17.3 Å². The molecule has 2 aromatic rings. The van der Waals surface area contributed by atoms with Crippen LogP contribution in [-0.2, 0) is 6.54 Å². The van der Waals surface area contributed by atoms with Crippen LogP contribution in [0, 0.1) is 0 Å². The lowest BCUT2D eigenvalue weighted by molar-refractivity contribution is 0.553. The minimum atomic E-state index is -0.447. The van der Waals surface area contributed by atoms with Crippen molar-refractivity contribution in [3.05, 3.63) is 41.2 Å². The summed E-state index contributed by atoms with van der Waals surface area (Å²) in [5, 5.41) is 4.76. The summed E-state index contributed by atoms with van der Waals surface area (Å²) in [6.45, 7) is 2.85. The summed E-state index contributed by atoms with van der Waals surface area (Å²) in [5.74, 6) is 0.548. The molecule has 0 aliphatic carbocycles. The van der Waals surface area contributed by atoms with Crippen LogP contribution in [0.15, 0.2) is 24.7 Å². The molecule has 0 amide bonds. The molecule has 2 N–H and O–H groups in total. The standard InChI is InChI=1S/C11H14ClN5/c1-2-6-17-10(8(12)7-16-17)9(13)11-14-4-3-5-15-11/h3-5,7,9H,2,6,13H2,1H3. The number of aromatic nitrogens is 4. The predicted molar refractivity (Wildman–Crippen MR) is 65.6 cm³/mol. The Morgan fingerprint density at radius 2 is 2.12 bits per heavy atom. The van der Waals surface area contributed by atoms with Crippen LogP contribution in [0.4, 0.5) is 0 Å². The third-order valence-corrected chi connectivity index (χ3v) is 2.72. The third kappa shape index (κ3) is 2.45. The number of nitrogens with two attached hydrogens (primary N) is 1. The molecule has 2 heterocycles. The number of halogens is 1. The minimum absolute atomic E-state index is 0.447. The number of hydrogen-bond donors (Lipinski definition) is 1. The van der Waals surface area contributed by atoms with Gasteiger partial charge in [0.2, 0.25) is 0 Å². The van der Waals surface area contributed by atoms with Crippen molar-refractivity contribution in [2.24, 2.45) is 5.73 Å². The molecule has 0 aliphatic heterocycles. The zero-order valence-corrected chi connectivity index (χ0v) is 10.3. The Kier molecular flexibility index (Phi) is 3.71. The van der Waals surface area contributed by atoms with E-state index in [1.807, 2.05) is 4.68 Å². The largest absolute Gasteiger partial charge is 0.316 e. The Morgan fingerprint density at radius 3 is 2.76 bits per heavy atom. The summed E-state index contributed by atoms with van der Waals surface area (Å²) in [5.41, 5.74) is 6.89. The lowest BCUT2D eigenvalue weighted by Crippen LogP contribution is -2.20. The van der Waals surface area contributed by atoms with Crippen LogP contribution in [0.1, 0.15) is 30.9 Å². The number of hydrogen-bond acceptors (Lipinski definition) is 4. The molecule has 0 fully saturated rings. The Hall–Kier alpha value is -1.46. The molecule has 0 saturated carbocycles. The fraction of sp³-hybridized carbons (Fsp3) is 0.364. The topological polar surface area (TPSA) is 69.6 Å². The first-order valence-electron chi connectivity index (χ1n) is 5.47. The van der Waals surface area contributed by atoms with Crippen LogP contribution < -0.4 is 5.73 Å². The van der Waals surface area contributed by atoms with Gasteiger partial charge in [-0.3, -0.25) is 4.68 Å².